The predicted octanol–water partition coefficient (Wildman–Crippen LogP) is 3.74. The molecular formula is C28H37N3O2. The Hall–Kier alpha value is -2.66. The van der Waals surface area contributed by atoms with Gasteiger partial charge in [0.05, 0.1) is 5.54 Å². The Labute approximate surface area is 197 Å². The normalized spacial score (nSPS) is 18.1. The van der Waals surface area contributed by atoms with E-state index in [0.29, 0.717) is 6.42 Å². The van der Waals surface area contributed by atoms with Gasteiger partial charge in [-0.3, -0.25) is 9.59 Å². The summed E-state index contributed by atoms with van der Waals surface area (Å²) in [5.74, 6) is -0.249. The van der Waals surface area contributed by atoms with Gasteiger partial charge < -0.3 is 16.0 Å². The third kappa shape index (κ3) is 5.30. The molecule has 0 bridgehead atoms. The van der Waals surface area contributed by atoms with Gasteiger partial charge >= 0.3 is 0 Å². The van der Waals surface area contributed by atoms with Crippen LogP contribution in [-0.4, -0.2) is 41.4 Å². The van der Waals surface area contributed by atoms with Gasteiger partial charge in [-0.1, -0.05) is 54.6 Å². The number of benzene rings is 2. The van der Waals surface area contributed by atoms with Crippen LogP contribution in [0.1, 0.15) is 62.6 Å². The topological polar surface area (TPSA) is 75.4 Å². The largest absolute Gasteiger partial charge is 0.343 e. The highest BCUT2D eigenvalue weighted by Gasteiger charge is 2.42. The summed E-state index contributed by atoms with van der Waals surface area (Å²) in [5.41, 5.74) is 9.39. The minimum Gasteiger partial charge on any atom is -0.343 e. The number of amides is 2. The molecule has 1 aliphatic carbocycles. The minimum atomic E-state index is -1.02. The lowest BCUT2D eigenvalue weighted by molar-refractivity contribution is -0.139. The summed E-state index contributed by atoms with van der Waals surface area (Å²) in [6, 6.07) is 18.5. The van der Waals surface area contributed by atoms with Crippen LogP contribution in [0.5, 0.6) is 0 Å². The molecule has 3 N–H and O–H groups in total. The molecule has 1 saturated heterocycles. The molecule has 2 aromatic carbocycles. The lowest BCUT2D eigenvalue weighted by atomic mass is 9.74. The molecule has 2 amide bonds. The van der Waals surface area contributed by atoms with Crippen LogP contribution >= 0.6 is 0 Å². The standard InChI is InChI=1S/C28H37N3O2/c1-27(2,29)26(33)30-24(14-8-11-21-9-4-3-5-10-21)25(32)31-19-17-28(18-20-31)16-15-22-12-6-7-13-23(22)28/h3-7,9-10,12-13,24H,8,11,14-20,29H2,1-2H3,(H,30,33)/t24-/m0/s1. The molecule has 33 heavy (non-hydrogen) atoms. The third-order valence-electron chi connectivity index (χ3n) is 7.48. The van der Waals surface area contributed by atoms with Gasteiger partial charge in [-0.2, -0.15) is 0 Å². The van der Waals surface area contributed by atoms with E-state index in [1.165, 1.54) is 23.1 Å². The van der Waals surface area contributed by atoms with E-state index in [2.05, 4.69) is 41.7 Å². The van der Waals surface area contributed by atoms with E-state index in [0.717, 1.165) is 45.2 Å². The number of carbonyl (C=O) groups is 2. The van der Waals surface area contributed by atoms with E-state index in [1.807, 2.05) is 23.1 Å². The zero-order chi connectivity index (χ0) is 23.5. The van der Waals surface area contributed by atoms with Crippen molar-refractivity contribution in [2.45, 2.75) is 75.8 Å². The van der Waals surface area contributed by atoms with Gasteiger partial charge in [0.1, 0.15) is 6.04 Å². The summed E-state index contributed by atoms with van der Waals surface area (Å²) in [4.78, 5) is 28.1. The number of hydrogen-bond donors (Lipinski definition) is 2. The van der Waals surface area contributed by atoms with Crippen molar-refractivity contribution in [3.05, 3.63) is 71.3 Å². The lowest BCUT2D eigenvalue weighted by Gasteiger charge is -2.41. The maximum Gasteiger partial charge on any atom is 0.245 e. The zero-order valence-electron chi connectivity index (χ0n) is 20.0. The molecule has 0 saturated carbocycles. The summed E-state index contributed by atoms with van der Waals surface area (Å²) >= 11 is 0. The number of piperidine rings is 1. The highest BCUT2D eigenvalue weighted by Crippen LogP contribution is 2.46. The molecule has 2 aromatic rings. The van der Waals surface area contributed by atoms with Crippen LogP contribution in [0.4, 0.5) is 0 Å². The number of fused-ring (bicyclic) bond motifs is 2. The first-order chi connectivity index (χ1) is 15.8. The van der Waals surface area contributed by atoms with Gasteiger partial charge in [-0.15, -0.1) is 0 Å². The molecule has 4 rings (SSSR count). The Balaban J connectivity index is 1.40. The number of rotatable bonds is 7. The van der Waals surface area contributed by atoms with Crippen molar-refractivity contribution < 1.29 is 9.59 Å². The van der Waals surface area contributed by atoms with Crippen molar-refractivity contribution in [3.63, 3.8) is 0 Å². The van der Waals surface area contributed by atoms with Crippen LogP contribution in [0.2, 0.25) is 0 Å². The molecule has 1 fully saturated rings. The quantitative estimate of drug-likeness (QED) is 0.679. The van der Waals surface area contributed by atoms with Crippen LogP contribution in [0.25, 0.3) is 0 Å². The van der Waals surface area contributed by atoms with Crippen molar-refractivity contribution in [3.8, 4) is 0 Å². The van der Waals surface area contributed by atoms with Crippen LogP contribution < -0.4 is 11.1 Å². The SMILES string of the molecule is CC(C)(N)C(=O)N[C@@H](CCCc1ccccc1)C(=O)N1CCC2(CCc3ccccc32)CC1. The van der Waals surface area contributed by atoms with E-state index in [4.69, 9.17) is 5.73 Å². The van der Waals surface area contributed by atoms with Crippen molar-refractivity contribution in [2.75, 3.05) is 13.1 Å². The van der Waals surface area contributed by atoms with E-state index in [1.54, 1.807) is 13.8 Å². The maximum atomic E-state index is 13.5. The summed E-state index contributed by atoms with van der Waals surface area (Å²) in [6.07, 6.45) is 6.61. The highest BCUT2D eigenvalue weighted by atomic mass is 16.2. The van der Waals surface area contributed by atoms with Gasteiger partial charge in [0, 0.05) is 13.1 Å². The Bertz CT molecular complexity index is 972. The molecule has 2 aliphatic rings. The smallest absolute Gasteiger partial charge is 0.245 e. The van der Waals surface area contributed by atoms with Crippen LogP contribution in [0.15, 0.2) is 54.6 Å². The van der Waals surface area contributed by atoms with Crippen molar-refractivity contribution in [1.82, 2.24) is 10.2 Å². The molecule has 0 radical (unpaired) electrons. The second-order valence-corrected chi connectivity index (χ2v) is 10.4. The summed E-state index contributed by atoms with van der Waals surface area (Å²) in [5, 5.41) is 2.96. The van der Waals surface area contributed by atoms with E-state index < -0.39 is 11.6 Å². The Morgan fingerprint density at radius 3 is 2.39 bits per heavy atom. The fourth-order valence-corrected chi connectivity index (χ4v) is 5.42. The molecule has 5 heteroatoms. The molecule has 0 unspecified atom stereocenters. The Kier molecular flexibility index (Phi) is 6.89. The van der Waals surface area contributed by atoms with Crippen LogP contribution in [0, 0.1) is 0 Å². The van der Waals surface area contributed by atoms with E-state index >= 15 is 0 Å². The summed E-state index contributed by atoms with van der Waals surface area (Å²) in [6.45, 7) is 4.83. The number of nitrogens with two attached hydrogens (primary N) is 1. The molecule has 176 valence electrons. The maximum absolute atomic E-state index is 13.5. The molecule has 1 heterocycles. The number of carbonyl (C=O) groups excluding carboxylic acids is 2. The number of hydrogen-bond acceptors (Lipinski definition) is 3. The molecule has 1 aliphatic heterocycles. The number of nitrogens with zero attached hydrogens (tertiary/aromatic N) is 1. The summed E-state index contributed by atoms with van der Waals surface area (Å²) < 4.78 is 0. The van der Waals surface area contributed by atoms with Gasteiger partial charge in [-0.25, -0.2) is 0 Å². The van der Waals surface area contributed by atoms with Gasteiger partial charge in [0.2, 0.25) is 11.8 Å². The first-order valence-electron chi connectivity index (χ1n) is 12.3. The first-order valence-corrected chi connectivity index (χ1v) is 12.3. The monoisotopic (exact) mass is 447 g/mol. The summed E-state index contributed by atoms with van der Waals surface area (Å²) in [7, 11) is 0. The van der Waals surface area contributed by atoms with E-state index in [-0.39, 0.29) is 17.2 Å². The van der Waals surface area contributed by atoms with Gasteiger partial charge in [0.25, 0.3) is 0 Å². The van der Waals surface area contributed by atoms with Crippen molar-refractivity contribution in [2.24, 2.45) is 5.73 Å². The second kappa shape index (κ2) is 9.68. The Morgan fingerprint density at radius 1 is 1.03 bits per heavy atom. The molecule has 0 aromatic heterocycles. The number of likely N-dealkylation sites (tertiary alicyclic amines) is 1. The van der Waals surface area contributed by atoms with Crippen molar-refractivity contribution >= 4 is 11.8 Å². The first kappa shape index (κ1) is 23.5. The predicted molar refractivity (Wildman–Crippen MR) is 132 cm³/mol. The van der Waals surface area contributed by atoms with Gasteiger partial charge in [-0.05, 0) is 80.9 Å². The van der Waals surface area contributed by atoms with Gasteiger partial charge in [0.15, 0.2) is 0 Å². The second-order valence-electron chi connectivity index (χ2n) is 10.4. The van der Waals surface area contributed by atoms with E-state index in [9.17, 15) is 9.59 Å². The fourth-order valence-electron chi connectivity index (χ4n) is 5.42. The minimum absolute atomic E-state index is 0.0294. The molecule has 1 spiro atoms. The fraction of sp³-hybridized carbons (Fsp3) is 0.500. The number of aryl methyl sites for hydroxylation is 2. The molecular weight excluding hydrogens is 410 g/mol. The van der Waals surface area contributed by atoms with Crippen LogP contribution in [-0.2, 0) is 27.8 Å². The molecule has 1 atom stereocenters. The Morgan fingerprint density at radius 2 is 1.70 bits per heavy atom. The average molecular weight is 448 g/mol. The molecule has 5 nitrogen and oxygen atoms in total. The van der Waals surface area contributed by atoms with Crippen LogP contribution in [0.3, 0.4) is 0 Å². The highest BCUT2D eigenvalue weighted by molar-refractivity contribution is 5.91. The lowest BCUT2D eigenvalue weighted by Crippen LogP contribution is -2.57. The zero-order valence-corrected chi connectivity index (χ0v) is 20.0. The average Bonchev–Trinajstić information content (AvgIpc) is 3.16. The third-order valence-corrected chi connectivity index (χ3v) is 7.48. The van der Waals surface area contributed by atoms with Crippen molar-refractivity contribution in [1.29, 1.82) is 0 Å². The number of nitrogens with one attached hydrogen (secondary N) is 1.